The Morgan fingerprint density at radius 3 is 1.83 bits per heavy atom. The first-order valence-corrected chi connectivity index (χ1v) is 10.8. The van der Waals surface area contributed by atoms with Crippen LogP contribution in [0.15, 0.2) is 0 Å². The third kappa shape index (κ3) is 2.62. The summed E-state index contributed by atoms with van der Waals surface area (Å²) in [5.41, 5.74) is 0.536. The van der Waals surface area contributed by atoms with Crippen molar-refractivity contribution in [3.63, 3.8) is 0 Å². The lowest BCUT2D eigenvalue weighted by molar-refractivity contribution is -0.143. The molecule has 1 heterocycles. The average Bonchev–Trinajstić information content (AvgIpc) is 2.61. The second-order valence-corrected chi connectivity index (χ2v) is 9.79. The number of hydrogen-bond donors (Lipinski definition) is 0. The van der Waals surface area contributed by atoms with Crippen molar-refractivity contribution in [3.8, 4) is 0 Å². The highest BCUT2D eigenvalue weighted by Crippen LogP contribution is 2.57. The van der Waals surface area contributed by atoms with E-state index in [1.807, 2.05) is 0 Å². The van der Waals surface area contributed by atoms with E-state index in [2.05, 4.69) is 9.80 Å². The van der Waals surface area contributed by atoms with Crippen LogP contribution in [-0.2, 0) is 4.79 Å². The van der Waals surface area contributed by atoms with E-state index >= 15 is 0 Å². The molecule has 0 radical (unpaired) electrons. The van der Waals surface area contributed by atoms with E-state index in [-0.39, 0.29) is 0 Å². The third-order valence-electron chi connectivity index (χ3n) is 8.22. The largest absolute Gasteiger partial charge is 0.340 e. The van der Waals surface area contributed by atoms with Crippen LogP contribution < -0.4 is 0 Å². The number of carbonyl (C=O) groups excluding carboxylic acids is 1. The molecule has 5 aliphatic carbocycles. The molecule has 0 aromatic rings. The van der Waals surface area contributed by atoms with E-state index in [0.717, 1.165) is 56.8 Å². The number of rotatable bonds is 2. The predicted octanol–water partition coefficient (Wildman–Crippen LogP) is 3.68. The summed E-state index contributed by atoms with van der Waals surface area (Å²) in [6.45, 7) is 4.28. The molecule has 0 aromatic heterocycles. The Bertz CT molecular complexity index is 453. The number of nitrogens with zero attached hydrogens (tertiary/aromatic N) is 2. The molecule has 1 saturated heterocycles. The van der Waals surface area contributed by atoms with Gasteiger partial charge >= 0.3 is 0 Å². The van der Waals surface area contributed by atoms with Crippen LogP contribution >= 0.6 is 0 Å². The van der Waals surface area contributed by atoms with Crippen LogP contribution in [0.2, 0.25) is 0 Å². The molecule has 4 bridgehead atoms. The standard InChI is InChI=1S/C21H34N2O/c24-20(19-4-2-1-3-5-19)22-6-8-23(9-7-22)21-13-16-10-17(14-21)12-18(11-16)15-21/h16-19H,1-15H2. The highest BCUT2D eigenvalue weighted by molar-refractivity contribution is 5.79. The molecule has 3 heteroatoms. The van der Waals surface area contributed by atoms with E-state index in [1.165, 1.54) is 57.8 Å². The highest BCUT2D eigenvalue weighted by Gasteiger charge is 2.53. The van der Waals surface area contributed by atoms with Crippen molar-refractivity contribution in [3.05, 3.63) is 0 Å². The second-order valence-electron chi connectivity index (χ2n) is 9.79. The maximum Gasteiger partial charge on any atom is 0.225 e. The minimum atomic E-state index is 0.352. The summed E-state index contributed by atoms with van der Waals surface area (Å²) in [5.74, 6) is 3.92. The molecule has 0 spiro atoms. The molecule has 0 N–H and O–H groups in total. The van der Waals surface area contributed by atoms with Crippen molar-refractivity contribution in [2.45, 2.75) is 76.2 Å². The first-order valence-electron chi connectivity index (χ1n) is 10.8. The Morgan fingerprint density at radius 1 is 0.750 bits per heavy atom. The Morgan fingerprint density at radius 2 is 1.29 bits per heavy atom. The topological polar surface area (TPSA) is 23.6 Å². The molecule has 1 amide bonds. The lowest BCUT2D eigenvalue weighted by Gasteiger charge is -2.61. The van der Waals surface area contributed by atoms with Crippen LogP contribution in [0, 0.1) is 23.7 Å². The van der Waals surface area contributed by atoms with Gasteiger partial charge in [-0.3, -0.25) is 9.69 Å². The van der Waals surface area contributed by atoms with Crippen LogP contribution in [0.1, 0.15) is 70.6 Å². The summed E-state index contributed by atoms with van der Waals surface area (Å²) in [6.07, 6.45) is 15.2. The molecular formula is C21H34N2O. The second kappa shape index (κ2) is 6.00. The van der Waals surface area contributed by atoms with Gasteiger partial charge < -0.3 is 4.90 Å². The van der Waals surface area contributed by atoms with E-state index in [4.69, 9.17) is 0 Å². The van der Waals surface area contributed by atoms with E-state index in [9.17, 15) is 4.79 Å². The predicted molar refractivity (Wildman–Crippen MR) is 95.6 cm³/mol. The molecule has 5 saturated carbocycles. The lowest BCUT2D eigenvalue weighted by Crippen LogP contribution is -2.64. The Labute approximate surface area is 147 Å². The Balaban J connectivity index is 1.22. The summed E-state index contributed by atoms with van der Waals surface area (Å²) in [7, 11) is 0. The van der Waals surface area contributed by atoms with Crippen molar-refractivity contribution in [2.24, 2.45) is 23.7 Å². The van der Waals surface area contributed by atoms with Crippen molar-refractivity contribution >= 4 is 5.91 Å². The SMILES string of the molecule is O=C(C1CCCCC1)N1CCN(C23CC4CC(CC(C4)C2)C3)CC1. The fourth-order valence-corrected chi connectivity index (χ4v) is 7.46. The molecule has 0 unspecified atom stereocenters. The van der Waals surface area contributed by atoms with Gasteiger partial charge in [-0.2, -0.15) is 0 Å². The van der Waals surface area contributed by atoms with Gasteiger partial charge in [0.05, 0.1) is 0 Å². The molecule has 134 valence electrons. The average molecular weight is 331 g/mol. The van der Waals surface area contributed by atoms with Crippen molar-refractivity contribution in [2.75, 3.05) is 26.2 Å². The zero-order valence-electron chi connectivity index (χ0n) is 15.2. The maximum absolute atomic E-state index is 12.8. The number of carbonyl (C=O) groups is 1. The van der Waals surface area contributed by atoms with Gasteiger partial charge in [0, 0.05) is 37.6 Å². The molecular weight excluding hydrogens is 296 g/mol. The molecule has 1 aliphatic heterocycles. The van der Waals surface area contributed by atoms with E-state index in [1.54, 1.807) is 0 Å². The fourth-order valence-electron chi connectivity index (χ4n) is 7.46. The van der Waals surface area contributed by atoms with Crippen LogP contribution in [0.4, 0.5) is 0 Å². The summed E-state index contributed by atoms with van der Waals surface area (Å²) in [5, 5.41) is 0. The van der Waals surface area contributed by atoms with Gasteiger partial charge in [-0.25, -0.2) is 0 Å². The normalized spacial score (nSPS) is 43.3. The zero-order valence-corrected chi connectivity index (χ0v) is 15.2. The monoisotopic (exact) mass is 330 g/mol. The minimum Gasteiger partial charge on any atom is -0.340 e. The van der Waals surface area contributed by atoms with Crippen molar-refractivity contribution < 1.29 is 4.79 Å². The first-order chi connectivity index (χ1) is 11.7. The summed E-state index contributed by atoms with van der Waals surface area (Å²) < 4.78 is 0. The van der Waals surface area contributed by atoms with Crippen LogP contribution in [-0.4, -0.2) is 47.4 Å². The summed E-state index contributed by atoms with van der Waals surface area (Å²) >= 11 is 0. The van der Waals surface area contributed by atoms with Crippen LogP contribution in [0.3, 0.4) is 0 Å². The van der Waals surface area contributed by atoms with Crippen LogP contribution in [0.5, 0.6) is 0 Å². The van der Waals surface area contributed by atoms with Crippen molar-refractivity contribution in [1.29, 1.82) is 0 Å². The number of piperazine rings is 1. The molecule has 0 atom stereocenters. The Hall–Kier alpha value is -0.570. The third-order valence-corrected chi connectivity index (χ3v) is 8.22. The minimum absolute atomic E-state index is 0.352. The number of hydrogen-bond acceptors (Lipinski definition) is 2. The molecule has 3 nitrogen and oxygen atoms in total. The first kappa shape index (κ1) is 15.7. The quantitative estimate of drug-likeness (QED) is 0.771. The molecule has 24 heavy (non-hydrogen) atoms. The van der Waals surface area contributed by atoms with Gasteiger partial charge in [0.2, 0.25) is 5.91 Å². The van der Waals surface area contributed by atoms with Gasteiger partial charge in [-0.05, 0) is 69.1 Å². The highest BCUT2D eigenvalue weighted by atomic mass is 16.2. The molecule has 6 aliphatic rings. The Kier molecular flexibility index (Phi) is 3.92. The summed E-state index contributed by atoms with van der Waals surface area (Å²) in [6, 6.07) is 0. The molecule has 6 fully saturated rings. The zero-order chi connectivity index (χ0) is 16.1. The summed E-state index contributed by atoms with van der Waals surface area (Å²) in [4.78, 5) is 17.9. The van der Waals surface area contributed by atoms with Crippen LogP contribution in [0.25, 0.3) is 0 Å². The molecule has 0 aromatic carbocycles. The van der Waals surface area contributed by atoms with E-state index in [0.29, 0.717) is 17.4 Å². The van der Waals surface area contributed by atoms with Gasteiger partial charge in [-0.15, -0.1) is 0 Å². The number of amides is 1. The fraction of sp³-hybridized carbons (Fsp3) is 0.952. The van der Waals surface area contributed by atoms with Gasteiger partial charge in [0.1, 0.15) is 0 Å². The van der Waals surface area contributed by atoms with Crippen molar-refractivity contribution in [1.82, 2.24) is 9.80 Å². The van der Waals surface area contributed by atoms with Gasteiger partial charge in [0.15, 0.2) is 0 Å². The molecule has 6 rings (SSSR count). The maximum atomic E-state index is 12.8. The lowest BCUT2D eigenvalue weighted by atomic mass is 9.52. The smallest absolute Gasteiger partial charge is 0.225 e. The van der Waals surface area contributed by atoms with Gasteiger partial charge in [0.25, 0.3) is 0 Å². The van der Waals surface area contributed by atoms with E-state index < -0.39 is 0 Å². The van der Waals surface area contributed by atoms with Gasteiger partial charge in [-0.1, -0.05) is 19.3 Å².